The van der Waals surface area contributed by atoms with E-state index >= 15 is 0 Å². The Bertz CT molecular complexity index is 282. The molecule has 4 nitrogen and oxygen atoms in total. The molecule has 0 unspecified atom stereocenters. The highest BCUT2D eigenvalue weighted by molar-refractivity contribution is 4.99. The lowest BCUT2D eigenvalue weighted by Gasteiger charge is -2.04. The summed E-state index contributed by atoms with van der Waals surface area (Å²) in [7, 11) is 0. The predicted molar refractivity (Wildman–Crippen MR) is 58.8 cm³/mol. The van der Waals surface area contributed by atoms with Gasteiger partial charge in [-0.15, -0.1) is 0 Å². The number of hydrogen-bond acceptors (Lipinski definition) is 4. The average Bonchev–Trinajstić information content (AvgIpc) is 2.50. The molecule has 1 heterocycles. The summed E-state index contributed by atoms with van der Waals surface area (Å²) in [5, 5.41) is 3.29. The van der Waals surface area contributed by atoms with Crippen molar-refractivity contribution in [3.63, 3.8) is 0 Å². The molecular weight excluding hydrogens is 192 g/mol. The van der Waals surface area contributed by atoms with Crippen LogP contribution in [0.5, 0.6) is 6.08 Å². The highest BCUT2D eigenvalue weighted by Crippen LogP contribution is 2.11. The van der Waals surface area contributed by atoms with E-state index in [9.17, 15) is 0 Å². The molecule has 1 rings (SSSR count). The average molecular weight is 212 g/mol. The molecule has 0 amide bonds. The summed E-state index contributed by atoms with van der Waals surface area (Å²) in [4.78, 5) is 4.20. The fourth-order valence-corrected chi connectivity index (χ4v) is 1.11. The Kier molecular flexibility index (Phi) is 4.62. The molecule has 1 aromatic heterocycles. The van der Waals surface area contributed by atoms with E-state index in [4.69, 9.17) is 9.15 Å². The SMILES string of the molecule is CC(C)CNCc1coc(OC(C)C)n1. The monoisotopic (exact) mass is 212 g/mol. The molecule has 4 heteroatoms. The summed E-state index contributed by atoms with van der Waals surface area (Å²) in [6, 6.07) is 0. The molecule has 0 aromatic carbocycles. The number of oxazole rings is 1. The minimum atomic E-state index is 0.0973. The van der Waals surface area contributed by atoms with Crippen molar-refractivity contribution in [2.75, 3.05) is 6.54 Å². The van der Waals surface area contributed by atoms with E-state index in [-0.39, 0.29) is 6.10 Å². The molecule has 0 aliphatic rings. The summed E-state index contributed by atoms with van der Waals surface area (Å²) in [6.45, 7) is 9.93. The van der Waals surface area contributed by atoms with Crippen LogP contribution in [-0.2, 0) is 6.54 Å². The second kappa shape index (κ2) is 5.75. The number of hydrogen-bond donors (Lipinski definition) is 1. The van der Waals surface area contributed by atoms with Crippen LogP contribution in [0.2, 0.25) is 0 Å². The first-order chi connectivity index (χ1) is 7.08. The quantitative estimate of drug-likeness (QED) is 0.785. The van der Waals surface area contributed by atoms with E-state index < -0.39 is 0 Å². The molecular formula is C11H20N2O2. The van der Waals surface area contributed by atoms with Crippen LogP contribution >= 0.6 is 0 Å². The molecule has 15 heavy (non-hydrogen) atoms. The molecule has 0 saturated heterocycles. The van der Waals surface area contributed by atoms with Crippen LogP contribution in [0.1, 0.15) is 33.4 Å². The number of aromatic nitrogens is 1. The molecule has 0 aliphatic heterocycles. The molecule has 1 aromatic rings. The van der Waals surface area contributed by atoms with Crippen molar-refractivity contribution in [3.05, 3.63) is 12.0 Å². The van der Waals surface area contributed by atoms with Gasteiger partial charge in [0, 0.05) is 6.54 Å². The topological polar surface area (TPSA) is 47.3 Å². The highest BCUT2D eigenvalue weighted by Gasteiger charge is 2.06. The second-order valence-electron chi connectivity index (χ2n) is 4.30. The van der Waals surface area contributed by atoms with Crippen LogP contribution in [0.3, 0.4) is 0 Å². The summed E-state index contributed by atoms with van der Waals surface area (Å²) in [6.07, 6.45) is 2.08. The maximum atomic E-state index is 5.32. The summed E-state index contributed by atoms with van der Waals surface area (Å²) in [5.41, 5.74) is 0.881. The van der Waals surface area contributed by atoms with Crippen LogP contribution in [0.15, 0.2) is 10.7 Å². The van der Waals surface area contributed by atoms with Crippen molar-refractivity contribution < 1.29 is 9.15 Å². The Hall–Kier alpha value is -1.03. The smallest absolute Gasteiger partial charge is 0.393 e. The van der Waals surface area contributed by atoms with Crippen LogP contribution in [0.4, 0.5) is 0 Å². The van der Waals surface area contributed by atoms with Crippen molar-refractivity contribution in [3.8, 4) is 6.08 Å². The Balaban J connectivity index is 2.33. The van der Waals surface area contributed by atoms with E-state index in [2.05, 4.69) is 24.1 Å². The van der Waals surface area contributed by atoms with Gasteiger partial charge in [-0.3, -0.25) is 0 Å². The van der Waals surface area contributed by atoms with Crippen LogP contribution in [-0.4, -0.2) is 17.6 Å². The molecule has 0 atom stereocenters. The first-order valence-electron chi connectivity index (χ1n) is 5.39. The van der Waals surface area contributed by atoms with Gasteiger partial charge in [0.25, 0.3) is 0 Å². The number of rotatable bonds is 6. The molecule has 0 saturated carbocycles. The summed E-state index contributed by atoms with van der Waals surface area (Å²) >= 11 is 0. The van der Waals surface area contributed by atoms with Crippen LogP contribution in [0, 0.1) is 5.92 Å². The number of ether oxygens (including phenoxy) is 1. The fraction of sp³-hybridized carbons (Fsp3) is 0.727. The molecule has 86 valence electrons. The van der Waals surface area contributed by atoms with Gasteiger partial charge in [0.15, 0.2) is 0 Å². The van der Waals surface area contributed by atoms with Crippen molar-refractivity contribution >= 4 is 0 Å². The molecule has 0 radical (unpaired) electrons. The van der Waals surface area contributed by atoms with E-state index in [1.807, 2.05) is 13.8 Å². The van der Waals surface area contributed by atoms with E-state index in [1.54, 1.807) is 6.26 Å². The Morgan fingerprint density at radius 3 is 2.73 bits per heavy atom. The van der Waals surface area contributed by atoms with Gasteiger partial charge in [-0.1, -0.05) is 13.8 Å². The first-order valence-corrected chi connectivity index (χ1v) is 5.39. The van der Waals surface area contributed by atoms with Crippen molar-refractivity contribution in [1.29, 1.82) is 0 Å². The van der Waals surface area contributed by atoms with Gasteiger partial charge in [0.05, 0.1) is 11.8 Å². The predicted octanol–water partition coefficient (Wildman–Crippen LogP) is 2.21. The second-order valence-corrected chi connectivity index (χ2v) is 4.30. The van der Waals surface area contributed by atoms with Crippen LogP contribution in [0.25, 0.3) is 0 Å². The summed E-state index contributed by atoms with van der Waals surface area (Å²) in [5.74, 6) is 0.642. The Morgan fingerprint density at radius 1 is 1.40 bits per heavy atom. The molecule has 1 N–H and O–H groups in total. The summed E-state index contributed by atoms with van der Waals surface area (Å²) < 4.78 is 10.5. The van der Waals surface area contributed by atoms with Gasteiger partial charge < -0.3 is 14.5 Å². The molecule has 0 bridgehead atoms. The Morgan fingerprint density at radius 2 is 2.13 bits per heavy atom. The van der Waals surface area contributed by atoms with Gasteiger partial charge in [0.2, 0.25) is 0 Å². The number of nitrogens with one attached hydrogen (secondary N) is 1. The lowest BCUT2D eigenvalue weighted by molar-refractivity contribution is 0.176. The maximum Gasteiger partial charge on any atom is 0.393 e. The highest BCUT2D eigenvalue weighted by atomic mass is 16.6. The minimum Gasteiger partial charge on any atom is -0.447 e. The van der Waals surface area contributed by atoms with Crippen LogP contribution < -0.4 is 10.1 Å². The van der Waals surface area contributed by atoms with E-state index in [0.717, 1.165) is 18.8 Å². The van der Waals surface area contributed by atoms with Gasteiger partial charge in [-0.25, -0.2) is 0 Å². The van der Waals surface area contributed by atoms with Gasteiger partial charge in [-0.05, 0) is 26.3 Å². The van der Waals surface area contributed by atoms with E-state index in [1.165, 1.54) is 0 Å². The number of nitrogens with zero attached hydrogens (tertiary/aromatic N) is 1. The van der Waals surface area contributed by atoms with Gasteiger partial charge in [0.1, 0.15) is 6.26 Å². The fourth-order valence-electron chi connectivity index (χ4n) is 1.11. The molecule has 0 fully saturated rings. The van der Waals surface area contributed by atoms with Crippen molar-refractivity contribution in [2.45, 2.75) is 40.3 Å². The van der Waals surface area contributed by atoms with Gasteiger partial charge in [-0.2, -0.15) is 4.98 Å². The lowest BCUT2D eigenvalue weighted by Crippen LogP contribution is -2.19. The third-order valence-corrected chi connectivity index (χ3v) is 1.73. The minimum absolute atomic E-state index is 0.0973. The lowest BCUT2D eigenvalue weighted by atomic mass is 10.2. The third kappa shape index (κ3) is 4.83. The van der Waals surface area contributed by atoms with Gasteiger partial charge >= 0.3 is 6.08 Å². The standard InChI is InChI=1S/C11H20N2O2/c1-8(2)5-12-6-10-7-14-11(13-10)15-9(3)4/h7-9,12H,5-6H2,1-4H3. The zero-order valence-electron chi connectivity index (χ0n) is 9.91. The zero-order chi connectivity index (χ0) is 11.3. The van der Waals surface area contributed by atoms with Crippen molar-refractivity contribution in [2.24, 2.45) is 5.92 Å². The van der Waals surface area contributed by atoms with Crippen molar-refractivity contribution in [1.82, 2.24) is 10.3 Å². The largest absolute Gasteiger partial charge is 0.447 e. The third-order valence-electron chi connectivity index (χ3n) is 1.73. The Labute approximate surface area is 91.0 Å². The maximum absolute atomic E-state index is 5.32. The normalized spacial score (nSPS) is 11.3. The van der Waals surface area contributed by atoms with E-state index in [0.29, 0.717) is 12.0 Å². The first kappa shape index (κ1) is 12.0. The zero-order valence-corrected chi connectivity index (χ0v) is 9.91. The molecule has 0 spiro atoms. The molecule has 0 aliphatic carbocycles.